The van der Waals surface area contributed by atoms with Gasteiger partial charge in [-0.1, -0.05) is 43.0 Å². The van der Waals surface area contributed by atoms with Gasteiger partial charge in [0.25, 0.3) is 11.6 Å². The average Bonchev–Trinajstić information content (AvgIpc) is 3.16. The summed E-state index contributed by atoms with van der Waals surface area (Å²) in [6.07, 6.45) is 2.44. The Hall–Kier alpha value is -2.45. The van der Waals surface area contributed by atoms with Crippen molar-refractivity contribution < 1.29 is 14.1 Å². The molecule has 1 aliphatic rings. The summed E-state index contributed by atoms with van der Waals surface area (Å²) in [7, 11) is 0. The van der Waals surface area contributed by atoms with Crippen molar-refractivity contribution in [3.63, 3.8) is 0 Å². The molecule has 1 aromatic heterocycles. The predicted molar refractivity (Wildman–Crippen MR) is 101 cm³/mol. The third-order valence-corrected chi connectivity index (χ3v) is 4.96. The first kappa shape index (κ1) is 17.4. The Morgan fingerprint density at radius 1 is 1.32 bits per heavy atom. The van der Waals surface area contributed by atoms with E-state index in [9.17, 15) is 14.9 Å². The second-order valence-corrected chi connectivity index (χ2v) is 6.99. The molecule has 6 nitrogen and oxygen atoms in total. The number of hydrogen-bond donors (Lipinski definition) is 0. The van der Waals surface area contributed by atoms with Crippen LogP contribution in [0.1, 0.15) is 19.1 Å². The van der Waals surface area contributed by atoms with Crippen molar-refractivity contribution in [1.82, 2.24) is 4.90 Å². The van der Waals surface area contributed by atoms with Crippen LogP contribution in [0.25, 0.3) is 17.4 Å². The molecule has 0 radical (unpaired) electrons. The van der Waals surface area contributed by atoms with Crippen LogP contribution in [0.5, 0.6) is 0 Å². The van der Waals surface area contributed by atoms with Gasteiger partial charge in [0.1, 0.15) is 15.8 Å². The summed E-state index contributed by atoms with van der Waals surface area (Å²) in [5, 5.41) is 11.1. The average molecular weight is 374 g/mol. The number of nitro benzene ring substituents is 1. The normalized spacial score (nSPS) is 16.0. The molecule has 3 rings (SSSR count). The molecule has 0 atom stereocenters. The summed E-state index contributed by atoms with van der Waals surface area (Å²) in [5.41, 5.74) is 0.364. The van der Waals surface area contributed by atoms with E-state index < -0.39 is 4.92 Å². The number of amides is 1. The van der Waals surface area contributed by atoms with E-state index in [0.717, 1.165) is 6.42 Å². The van der Waals surface area contributed by atoms with Crippen LogP contribution in [0.3, 0.4) is 0 Å². The summed E-state index contributed by atoms with van der Waals surface area (Å²) >= 11 is 6.46. The smallest absolute Gasteiger partial charge is 0.280 e. The van der Waals surface area contributed by atoms with Crippen molar-refractivity contribution in [3.8, 4) is 11.3 Å². The number of nitro groups is 1. The Kier molecular flexibility index (Phi) is 5.00. The molecule has 128 valence electrons. The number of hydrogen-bond acceptors (Lipinski definition) is 6. The zero-order valence-corrected chi connectivity index (χ0v) is 14.9. The standard InChI is InChI=1S/C17H14N2O4S2/c1-2-9-18-16(20)15(25-17(18)24)10-11-7-8-14(23-11)12-5-3-4-6-13(12)19(21)22/h3-8,10H,2,9H2,1H3/b15-10-. The number of thiocarbonyl (C=S) groups is 1. The summed E-state index contributed by atoms with van der Waals surface area (Å²) < 4.78 is 6.22. The van der Waals surface area contributed by atoms with E-state index in [1.807, 2.05) is 6.92 Å². The van der Waals surface area contributed by atoms with Gasteiger partial charge in [-0.3, -0.25) is 19.8 Å². The first-order valence-electron chi connectivity index (χ1n) is 7.60. The lowest BCUT2D eigenvalue weighted by atomic mass is 10.1. The number of rotatable bonds is 5. The summed E-state index contributed by atoms with van der Waals surface area (Å²) in [5.74, 6) is 0.688. The maximum atomic E-state index is 12.3. The van der Waals surface area contributed by atoms with Crippen molar-refractivity contribution in [2.45, 2.75) is 13.3 Å². The molecule has 0 unspecified atom stereocenters. The number of furan rings is 1. The maximum Gasteiger partial charge on any atom is 0.280 e. The van der Waals surface area contributed by atoms with Crippen LogP contribution in [-0.4, -0.2) is 26.6 Å². The lowest BCUT2D eigenvalue weighted by Crippen LogP contribution is -2.28. The zero-order valence-electron chi connectivity index (χ0n) is 13.3. The molecule has 0 N–H and O–H groups in total. The fraction of sp³-hybridized carbons (Fsp3) is 0.176. The minimum absolute atomic E-state index is 0.0299. The number of thioether (sulfide) groups is 1. The molecule has 2 aromatic rings. The van der Waals surface area contributed by atoms with Crippen LogP contribution in [-0.2, 0) is 4.79 Å². The second-order valence-electron chi connectivity index (χ2n) is 5.31. The first-order chi connectivity index (χ1) is 12.0. The zero-order chi connectivity index (χ0) is 18.0. The molecule has 1 aliphatic heterocycles. The van der Waals surface area contributed by atoms with Gasteiger partial charge in [-0.05, 0) is 24.6 Å². The van der Waals surface area contributed by atoms with Crippen LogP contribution >= 0.6 is 24.0 Å². The summed E-state index contributed by atoms with van der Waals surface area (Å²) in [6, 6.07) is 9.69. The van der Waals surface area contributed by atoms with Gasteiger partial charge in [-0.15, -0.1) is 0 Å². The molecule has 0 aliphatic carbocycles. The Balaban J connectivity index is 1.90. The fourth-order valence-electron chi connectivity index (χ4n) is 2.46. The highest BCUT2D eigenvalue weighted by Gasteiger charge is 2.31. The highest BCUT2D eigenvalue weighted by Crippen LogP contribution is 2.35. The SMILES string of the molecule is CCCN1C(=O)/C(=C/c2ccc(-c3ccccc3[N+](=O)[O-])o2)SC1=S. The molecule has 1 amide bonds. The largest absolute Gasteiger partial charge is 0.456 e. The fourth-order valence-corrected chi connectivity index (χ4v) is 3.75. The number of carbonyl (C=O) groups is 1. The Morgan fingerprint density at radius 3 is 2.80 bits per heavy atom. The molecule has 0 spiro atoms. The summed E-state index contributed by atoms with van der Waals surface area (Å²) in [6.45, 7) is 2.56. The van der Waals surface area contributed by atoms with Crippen molar-refractivity contribution in [2.75, 3.05) is 6.54 Å². The number of para-hydroxylation sites is 1. The number of carbonyl (C=O) groups excluding carboxylic acids is 1. The molecule has 0 bridgehead atoms. The van der Waals surface area contributed by atoms with E-state index in [4.69, 9.17) is 16.6 Å². The maximum absolute atomic E-state index is 12.3. The third kappa shape index (κ3) is 3.49. The van der Waals surface area contributed by atoms with Gasteiger partial charge in [0.2, 0.25) is 0 Å². The van der Waals surface area contributed by atoms with Crippen molar-refractivity contribution >= 4 is 46.0 Å². The van der Waals surface area contributed by atoms with E-state index in [1.54, 1.807) is 41.3 Å². The van der Waals surface area contributed by atoms with Gasteiger partial charge >= 0.3 is 0 Å². The van der Waals surface area contributed by atoms with Gasteiger partial charge in [-0.25, -0.2) is 0 Å². The molecule has 8 heteroatoms. The van der Waals surface area contributed by atoms with Crippen LogP contribution in [0.2, 0.25) is 0 Å². The Labute approximate surface area is 153 Å². The van der Waals surface area contributed by atoms with Gasteiger partial charge in [0.05, 0.1) is 15.4 Å². The van der Waals surface area contributed by atoms with E-state index in [0.29, 0.717) is 32.9 Å². The van der Waals surface area contributed by atoms with Crippen LogP contribution < -0.4 is 0 Å². The molecular formula is C17H14N2O4S2. The van der Waals surface area contributed by atoms with E-state index in [-0.39, 0.29) is 11.6 Å². The Bertz CT molecular complexity index is 888. The minimum Gasteiger partial charge on any atom is -0.456 e. The molecule has 1 fully saturated rings. The van der Waals surface area contributed by atoms with Crippen molar-refractivity contribution in [2.24, 2.45) is 0 Å². The monoisotopic (exact) mass is 374 g/mol. The van der Waals surface area contributed by atoms with Crippen LogP contribution in [0.15, 0.2) is 45.7 Å². The molecule has 2 heterocycles. The second kappa shape index (κ2) is 7.20. The lowest BCUT2D eigenvalue weighted by molar-refractivity contribution is -0.384. The van der Waals surface area contributed by atoms with E-state index >= 15 is 0 Å². The molecule has 0 saturated carbocycles. The number of benzene rings is 1. The van der Waals surface area contributed by atoms with Crippen LogP contribution in [0.4, 0.5) is 5.69 Å². The van der Waals surface area contributed by atoms with Gasteiger partial charge in [0, 0.05) is 18.7 Å². The highest BCUT2D eigenvalue weighted by atomic mass is 32.2. The van der Waals surface area contributed by atoms with E-state index in [1.165, 1.54) is 17.8 Å². The lowest BCUT2D eigenvalue weighted by Gasteiger charge is -2.11. The van der Waals surface area contributed by atoms with Gasteiger partial charge < -0.3 is 4.42 Å². The number of nitrogens with zero attached hydrogens (tertiary/aromatic N) is 2. The predicted octanol–water partition coefficient (Wildman–Crippen LogP) is 4.47. The van der Waals surface area contributed by atoms with Crippen molar-refractivity contribution in [1.29, 1.82) is 0 Å². The first-order valence-corrected chi connectivity index (χ1v) is 8.82. The molecule has 25 heavy (non-hydrogen) atoms. The highest BCUT2D eigenvalue weighted by molar-refractivity contribution is 8.26. The van der Waals surface area contributed by atoms with Crippen LogP contribution in [0, 0.1) is 10.1 Å². The minimum atomic E-state index is -0.451. The molecule has 1 aromatic carbocycles. The third-order valence-electron chi connectivity index (χ3n) is 3.59. The van der Waals surface area contributed by atoms with Crippen molar-refractivity contribution in [3.05, 3.63) is 57.2 Å². The van der Waals surface area contributed by atoms with Gasteiger partial charge in [0.15, 0.2) is 0 Å². The quantitative estimate of drug-likeness (QED) is 0.333. The Morgan fingerprint density at radius 2 is 2.08 bits per heavy atom. The van der Waals surface area contributed by atoms with Gasteiger partial charge in [-0.2, -0.15) is 0 Å². The van der Waals surface area contributed by atoms with E-state index in [2.05, 4.69) is 0 Å². The molecule has 1 saturated heterocycles. The topological polar surface area (TPSA) is 76.6 Å². The molecular weight excluding hydrogens is 360 g/mol. The summed E-state index contributed by atoms with van der Waals surface area (Å²) in [4.78, 5) is 25.1.